The monoisotopic (exact) mass is 249 g/mol. The molecule has 0 heterocycles. The molecular weight excluding hydrogens is 230 g/mol. The van der Waals surface area contributed by atoms with Gasteiger partial charge in [-0.3, -0.25) is 9.59 Å². The number of anilines is 1. The first kappa shape index (κ1) is 14.0. The maximum Gasteiger partial charge on any atom is 0.251 e. The number of nitrogens with one attached hydrogen (secondary N) is 2. The van der Waals surface area contributed by atoms with Crippen molar-refractivity contribution in [3.05, 3.63) is 29.3 Å². The lowest BCUT2D eigenvalue weighted by molar-refractivity contribution is -0.118. The van der Waals surface area contributed by atoms with E-state index in [4.69, 9.17) is 5.73 Å². The zero-order valence-electron chi connectivity index (χ0n) is 10.7. The number of carbonyl (C=O) groups is 2. The predicted molar refractivity (Wildman–Crippen MR) is 71.5 cm³/mol. The summed E-state index contributed by atoms with van der Waals surface area (Å²) >= 11 is 0. The van der Waals surface area contributed by atoms with Crippen molar-refractivity contribution in [3.63, 3.8) is 0 Å². The largest absolute Gasteiger partial charge is 0.388 e. The van der Waals surface area contributed by atoms with Crippen molar-refractivity contribution in [2.24, 2.45) is 5.73 Å². The SMILES string of the molecule is CNc1ccc(C(=O)NCCCC(N)=O)c(C)c1. The summed E-state index contributed by atoms with van der Waals surface area (Å²) in [5.74, 6) is -0.474. The smallest absolute Gasteiger partial charge is 0.251 e. The second kappa shape index (κ2) is 6.64. The molecule has 0 saturated carbocycles. The van der Waals surface area contributed by atoms with Crippen LogP contribution in [-0.4, -0.2) is 25.4 Å². The fraction of sp³-hybridized carbons (Fsp3) is 0.385. The van der Waals surface area contributed by atoms with Crippen LogP contribution in [0, 0.1) is 6.92 Å². The number of rotatable bonds is 6. The van der Waals surface area contributed by atoms with Crippen molar-refractivity contribution < 1.29 is 9.59 Å². The number of amides is 2. The minimum absolute atomic E-state index is 0.125. The van der Waals surface area contributed by atoms with Crippen LogP contribution in [0.15, 0.2) is 18.2 Å². The molecule has 0 spiro atoms. The summed E-state index contributed by atoms with van der Waals surface area (Å²) in [7, 11) is 1.83. The van der Waals surface area contributed by atoms with E-state index in [-0.39, 0.29) is 18.2 Å². The van der Waals surface area contributed by atoms with Gasteiger partial charge in [0.1, 0.15) is 0 Å². The summed E-state index contributed by atoms with van der Waals surface area (Å²) in [5.41, 5.74) is 7.55. The first-order valence-electron chi connectivity index (χ1n) is 5.89. The van der Waals surface area contributed by atoms with Gasteiger partial charge >= 0.3 is 0 Å². The average Bonchev–Trinajstić information content (AvgIpc) is 2.33. The first-order valence-corrected chi connectivity index (χ1v) is 5.89. The molecule has 0 saturated heterocycles. The van der Waals surface area contributed by atoms with Crippen LogP contribution >= 0.6 is 0 Å². The summed E-state index contributed by atoms with van der Waals surface area (Å²) in [6.45, 7) is 2.34. The fourth-order valence-corrected chi connectivity index (χ4v) is 1.63. The Morgan fingerprint density at radius 1 is 1.33 bits per heavy atom. The Morgan fingerprint density at radius 3 is 2.61 bits per heavy atom. The third-order valence-electron chi connectivity index (χ3n) is 2.65. The Balaban J connectivity index is 2.54. The molecule has 1 aromatic carbocycles. The van der Waals surface area contributed by atoms with Crippen LogP contribution in [0.25, 0.3) is 0 Å². The van der Waals surface area contributed by atoms with Crippen LogP contribution in [0.5, 0.6) is 0 Å². The number of nitrogens with two attached hydrogens (primary N) is 1. The first-order chi connectivity index (χ1) is 8.54. The molecule has 98 valence electrons. The zero-order chi connectivity index (χ0) is 13.5. The number of hydrogen-bond donors (Lipinski definition) is 3. The second-order valence-electron chi connectivity index (χ2n) is 4.11. The van der Waals surface area contributed by atoms with E-state index >= 15 is 0 Å². The Kier molecular flexibility index (Phi) is 5.17. The maximum atomic E-state index is 11.9. The third-order valence-corrected chi connectivity index (χ3v) is 2.65. The molecule has 1 rings (SSSR count). The van der Waals surface area contributed by atoms with Crippen LogP contribution in [0.2, 0.25) is 0 Å². The van der Waals surface area contributed by atoms with Crippen LogP contribution in [0.1, 0.15) is 28.8 Å². The topological polar surface area (TPSA) is 84.2 Å². The second-order valence-corrected chi connectivity index (χ2v) is 4.11. The zero-order valence-corrected chi connectivity index (χ0v) is 10.7. The number of aryl methyl sites for hydroxylation is 1. The van der Waals surface area contributed by atoms with E-state index in [0.29, 0.717) is 18.5 Å². The molecule has 0 atom stereocenters. The van der Waals surface area contributed by atoms with Gasteiger partial charge in [-0.05, 0) is 37.1 Å². The summed E-state index contributed by atoms with van der Waals surface area (Å²) in [5, 5.41) is 5.78. The van der Waals surface area contributed by atoms with Gasteiger partial charge in [-0.1, -0.05) is 0 Å². The molecule has 5 nitrogen and oxygen atoms in total. The maximum absolute atomic E-state index is 11.9. The van der Waals surface area contributed by atoms with Gasteiger partial charge in [-0.2, -0.15) is 0 Å². The van der Waals surface area contributed by atoms with E-state index in [1.165, 1.54) is 0 Å². The van der Waals surface area contributed by atoms with E-state index in [0.717, 1.165) is 11.3 Å². The lowest BCUT2D eigenvalue weighted by atomic mass is 10.1. The Morgan fingerprint density at radius 2 is 2.06 bits per heavy atom. The van der Waals surface area contributed by atoms with Crippen LogP contribution in [-0.2, 0) is 4.79 Å². The Hall–Kier alpha value is -2.04. The average molecular weight is 249 g/mol. The van der Waals surface area contributed by atoms with Crippen molar-refractivity contribution in [1.29, 1.82) is 0 Å². The van der Waals surface area contributed by atoms with Crippen molar-refractivity contribution in [1.82, 2.24) is 5.32 Å². The number of carbonyl (C=O) groups excluding carboxylic acids is 2. The molecule has 18 heavy (non-hydrogen) atoms. The molecular formula is C13H19N3O2. The molecule has 1 aromatic rings. The highest BCUT2D eigenvalue weighted by molar-refractivity contribution is 5.96. The summed E-state index contributed by atoms with van der Waals surface area (Å²) in [6, 6.07) is 5.55. The van der Waals surface area contributed by atoms with Gasteiger partial charge in [0, 0.05) is 31.3 Å². The van der Waals surface area contributed by atoms with Gasteiger partial charge < -0.3 is 16.4 Å². The quantitative estimate of drug-likeness (QED) is 0.658. The van der Waals surface area contributed by atoms with Crippen molar-refractivity contribution in [2.75, 3.05) is 18.9 Å². The molecule has 0 radical (unpaired) electrons. The van der Waals surface area contributed by atoms with Gasteiger partial charge in [-0.25, -0.2) is 0 Å². The minimum Gasteiger partial charge on any atom is -0.388 e. The highest BCUT2D eigenvalue weighted by Crippen LogP contribution is 2.14. The van der Waals surface area contributed by atoms with E-state index < -0.39 is 0 Å². The number of primary amides is 1. The van der Waals surface area contributed by atoms with Crippen molar-refractivity contribution >= 4 is 17.5 Å². The summed E-state index contributed by atoms with van der Waals surface area (Å²) in [6.07, 6.45) is 0.854. The van der Waals surface area contributed by atoms with E-state index in [2.05, 4.69) is 10.6 Å². The molecule has 0 bridgehead atoms. The van der Waals surface area contributed by atoms with Gasteiger partial charge in [0.2, 0.25) is 5.91 Å². The number of benzene rings is 1. The molecule has 4 N–H and O–H groups in total. The molecule has 0 unspecified atom stereocenters. The molecule has 0 aromatic heterocycles. The summed E-state index contributed by atoms with van der Waals surface area (Å²) in [4.78, 5) is 22.4. The molecule has 0 aliphatic rings. The minimum atomic E-state index is -0.348. The number of hydrogen-bond acceptors (Lipinski definition) is 3. The molecule has 0 aliphatic carbocycles. The Labute approximate surface area is 107 Å². The highest BCUT2D eigenvalue weighted by atomic mass is 16.2. The molecule has 2 amide bonds. The van der Waals surface area contributed by atoms with Crippen molar-refractivity contribution in [2.45, 2.75) is 19.8 Å². The lowest BCUT2D eigenvalue weighted by Gasteiger charge is -2.09. The summed E-state index contributed by atoms with van der Waals surface area (Å²) < 4.78 is 0. The normalized spacial score (nSPS) is 9.89. The highest BCUT2D eigenvalue weighted by Gasteiger charge is 2.08. The van der Waals surface area contributed by atoms with E-state index in [1.807, 2.05) is 26.1 Å². The van der Waals surface area contributed by atoms with Gasteiger partial charge in [0.25, 0.3) is 5.91 Å². The van der Waals surface area contributed by atoms with E-state index in [9.17, 15) is 9.59 Å². The predicted octanol–water partition coefficient (Wildman–Crippen LogP) is 1.03. The van der Waals surface area contributed by atoms with Crippen LogP contribution in [0.3, 0.4) is 0 Å². The van der Waals surface area contributed by atoms with Crippen LogP contribution < -0.4 is 16.4 Å². The van der Waals surface area contributed by atoms with Gasteiger partial charge in [0.05, 0.1) is 0 Å². The standard InChI is InChI=1S/C13H19N3O2/c1-9-8-10(15-2)5-6-11(9)13(18)16-7-3-4-12(14)17/h5-6,8,15H,3-4,7H2,1-2H3,(H2,14,17)(H,16,18). The van der Waals surface area contributed by atoms with Crippen LogP contribution in [0.4, 0.5) is 5.69 Å². The van der Waals surface area contributed by atoms with Gasteiger partial charge in [0.15, 0.2) is 0 Å². The third kappa shape index (κ3) is 4.08. The fourth-order valence-electron chi connectivity index (χ4n) is 1.63. The van der Waals surface area contributed by atoms with Crippen molar-refractivity contribution in [3.8, 4) is 0 Å². The molecule has 0 fully saturated rings. The Bertz CT molecular complexity index is 444. The van der Waals surface area contributed by atoms with Gasteiger partial charge in [-0.15, -0.1) is 0 Å². The molecule has 0 aliphatic heterocycles. The lowest BCUT2D eigenvalue weighted by Crippen LogP contribution is -2.26. The molecule has 5 heteroatoms. The van der Waals surface area contributed by atoms with E-state index in [1.54, 1.807) is 6.07 Å².